The standard InChI is InChI=1S/C24H27NO3.C23H26N2O3/c1-15-11-18(12-16(2)25-15)5-10-22(27)20-8-6-19(7-9-20)17(3)24(4)14-21(26)13-23(24)28;1-14-11-17(12-15(2)24-14)5-10-20(26)19-8-6-18(7-9-19)16(3)23(4)13-21(27)25-22(23)28/h6-9,11-12,17H,5,10,13-14H2,1-4H3;6-9,11-12,16H,5,10,13H2,1-4H3,(H,25,27,28)/t17-,24+;16-,23?/m11/s1. The number of nitrogens with one attached hydrogen (secondary N) is 1. The number of ketones is 4. The van der Waals surface area contributed by atoms with Gasteiger partial charge in [0.2, 0.25) is 11.8 Å². The number of nitrogens with zero attached hydrogens (tertiary/aromatic N) is 2. The van der Waals surface area contributed by atoms with Crippen LogP contribution in [0.25, 0.3) is 0 Å². The van der Waals surface area contributed by atoms with Gasteiger partial charge in [-0.25, -0.2) is 0 Å². The minimum Gasteiger partial charge on any atom is -0.299 e. The van der Waals surface area contributed by atoms with Crippen molar-refractivity contribution in [2.45, 2.75) is 112 Å². The molecular formula is C47H53N3O6. The molecule has 2 fully saturated rings. The van der Waals surface area contributed by atoms with Crippen LogP contribution in [0.15, 0.2) is 72.8 Å². The normalized spacial score (nSPS) is 20.3. The third-order valence-electron chi connectivity index (χ3n) is 11.8. The SMILES string of the molecule is Cc1cc(CCC(=O)c2ccc([C@@H](C)C3(C)CC(=O)NC3=O)cc2)cc(C)n1.Cc1cc(CCC(=O)c2ccc([C@@H](C)[C@]3(C)CC(=O)CC3=O)cc2)cc(C)n1. The van der Waals surface area contributed by atoms with Gasteiger partial charge in [0.15, 0.2) is 11.6 Å². The fraction of sp³-hybridized carbons (Fsp3) is 0.404. The summed E-state index contributed by atoms with van der Waals surface area (Å²) in [5.74, 6) is -0.401. The lowest BCUT2D eigenvalue weighted by atomic mass is 9.72. The molecule has 9 heteroatoms. The van der Waals surface area contributed by atoms with Crippen molar-refractivity contribution in [3.8, 4) is 0 Å². The summed E-state index contributed by atoms with van der Waals surface area (Å²) in [5.41, 5.74) is 7.99. The molecule has 1 aliphatic carbocycles. The van der Waals surface area contributed by atoms with Crippen LogP contribution in [0.2, 0.25) is 0 Å². The lowest BCUT2D eigenvalue weighted by Gasteiger charge is -2.29. The van der Waals surface area contributed by atoms with Gasteiger partial charge in [-0.2, -0.15) is 0 Å². The molecule has 0 spiro atoms. The predicted octanol–water partition coefficient (Wildman–Crippen LogP) is 8.23. The van der Waals surface area contributed by atoms with Crippen LogP contribution < -0.4 is 5.32 Å². The highest BCUT2D eigenvalue weighted by Gasteiger charge is 2.47. The number of aryl methyl sites for hydroxylation is 6. The number of aromatic nitrogens is 2. The fourth-order valence-corrected chi connectivity index (χ4v) is 8.01. The zero-order chi connectivity index (χ0) is 40.9. The Morgan fingerprint density at radius 1 is 0.625 bits per heavy atom. The first-order valence-electron chi connectivity index (χ1n) is 19.4. The van der Waals surface area contributed by atoms with Crippen molar-refractivity contribution in [3.63, 3.8) is 0 Å². The van der Waals surface area contributed by atoms with Crippen molar-refractivity contribution < 1.29 is 28.8 Å². The van der Waals surface area contributed by atoms with Gasteiger partial charge in [-0.15, -0.1) is 0 Å². The van der Waals surface area contributed by atoms with Gasteiger partial charge in [0.25, 0.3) is 0 Å². The second kappa shape index (κ2) is 17.1. The summed E-state index contributed by atoms with van der Waals surface area (Å²) in [7, 11) is 0. The highest BCUT2D eigenvalue weighted by molar-refractivity contribution is 6.09. The molecule has 2 amide bonds. The van der Waals surface area contributed by atoms with Crippen LogP contribution in [0.4, 0.5) is 0 Å². The molecule has 292 valence electrons. The molecule has 1 N–H and O–H groups in total. The largest absolute Gasteiger partial charge is 0.299 e. The Balaban J connectivity index is 0.000000214. The van der Waals surface area contributed by atoms with Gasteiger partial charge in [0.1, 0.15) is 11.6 Å². The first-order chi connectivity index (χ1) is 26.4. The Morgan fingerprint density at radius 3 is 1.36 bits per heavy atom. The molecule has 4 atom stereocenters. The van der Waals surface area contributed by atoms with Crippen molar-refractivity contribution >= 4 is 34.9 Å². The maximum Gasteiger partial charge on any atom is 0.233 e. The molecule has 4 aromatic rings. The minimum absolute atomic E-state index is 0.0210. The zero-order valence-corrected chi connectivity index (χ0v) is 33.9. The summed E-state index contributed by atoms with van der Waals surface area (Å²) in [6.07, 6.45) is 2.80. The number of pyridine rings is 2. The quantitative estimate of drug-likeness (QED) is 0.0867. The Morgan fingerprint density at radius 2 is 1.02 bits per heavy atom. The molecule has 2 aromatic carbocycles. The number of hydrogen-bond donors (Lipinski definition) is 1. The molecule has 2 aliphatic rings. The number of hydrogen-bond acceptors (Lipinski definition) is 8. The van der Waals surface area contributed by atoms with E-state index in [-0.39, 0.29) is 59.6 Å². The van der Waals surface area contributed by atoms with E-state index in [1.807, 2.05) is 128 Å². The van der Waals surface area contributed by atoms with E-state index in [0.717, 1.165) is 45.0 Å². The van der Waals surface area contributed by atoms with Crippen molar-refractivity contribution in [3.05, 3.63) is 129 Å². The predicted molar refractivity (Wildman–Crippen MR) is 216 cm³/mol. The molecule has 1 saturated carbocycles. The van der Waals surface area contributed by atoms with Gasteiger partial charge in [-0.05, 0) is 106 Å². The van der Waals surface area contributed by atoms with E-state index in [4.69, 9.17) is 0 Å². The topological polar surface area (TPSA) is 140 Å². The van der Waals surface area contributed by atoms with E-state index in [0.29, 0.717) is 43.2 Å². The van der Waals surface area contributed by atoms with Gasteiger partial charge in [-0.3, -0.25) is 44.1 Å². The summed E-state index contributed by atoms with van der Waals surface area (Å²) in [6, 6.07) is 23.0. The van der Waals surface area contributed by atoms with Crippen LogP contribution in [-0.4, -0.2) is 44.9 Å². The number of rotatable bonds is 12. The van der Waals surface area contributed by atoms with Crippen LogP contribution in [0.5, 0.6) is 0 Å². The van der Waals surface area contributed by atoms with E-state index < -0.39 is 10.8 Å². The van der Waals surface area contributed by atoms with Crippen LogP contribution >= 0.6 is 0 Å². The van der Waals surface area contributed by atoms with E-state index >= 15 is 0 Å². The average Bonchev–Trinajstić information content (AvgIpc) is 3.58. The lowest BCUT2D eigenvalue weighted by Crippen LogP contribution is -2.33. The second-order valence-corrected chi connectivity index (χ2v) is 16.3. The lowest BCUT2D eigenvalue weighted by molar-refractivity contribution is -0.129. The molecule has 6 rings (SSSR count). The van der Waals surface area contributed by atoms with Crippen LogP contribution in [0, 0.1) is 38.5 Å². The zero-order valence-electron chi connectivity index (χ0n) is 33.9. The van der Waals surface area contributed by atoms with Gasteiger partial charge < -0.3 is 0 Å². The maximum atomic E-state index is 12.6. The molecular weight excluding hydrogens is 703 g/mol. The number of imide groups is 1. The molecule has 1 saturated heterocycles. The Kier molecular flexibility index (Phi) is 12.8. The van der Waals surface area contributed by atoms with E-state index in [1.165, 1.54) is 0 Å². The Labute approximate surface area is 330 Å². The van der Waals surface area contributed by atoms with E-state index in [2.05, 4.69) is 15.3 Å². The fourth-order valence-electron chi connectivity index (χ4n) is 8.01. The average molecular weight is 756 g/mol. The van der Waals surface area contributed by atoms with Crippen molar-refractivity contribution in [2.75, 3.05) is 0 Å². The minimum atomic E-state index is -0.750. The number of amides is 2. The van der Waals surface area contributed by atoms with Crippen molar-refractivity contribution in [1.82, 2.24) is 15.3 Å². The third kappa shape index (κ3) is 9.67. The first-order valence-corrected chi connectivity index (χ1v) is 19.4. The summed E-state index contributed by atoms with van der Waals surface area (Å²) < 4.78 is 0. The molecule has 56 heavy (non-hydrogen) atoms. The number of Topliss-reactive ketones (excluding diaryl/α,β-unsaturated/α-hetero) is 4. The Bertz CT molecular complexity index is 1980. The summed E-state index contributed by atoms with van der Waals surface area (Å²) in [6.45, 7) is 15.5. The molecule has 0 bridgehead atoms. The van der Waals surface area contributed by atoms with Crippen LogP contribution in [0.1, 0.15) is 137 Å². The van der Waals surface area contributed by atoms with Crippen LogP contribution in [0.3, 0.4) is 0 Å². The van der Waals surface area contributed by atoms with Crippen LogP contribution in [-0.2, 0) is 32.0 Å². The Hall–Kier alpha value is -5.44. The number of benzene rings is 2. The second-order valence-electron chi connectivity index (χ2n) is 16.3. The molecule has 2 aromatic heterocycles. The maximum absolute atomic E-state index is 12.6. The van der Waals surface area contributed by atoms with Gasteiger partial charge in [0, 0.05) is 65.0 Å². The summed E-state index contributed by atoms with van der Waals surface area (Å²) >= 11 is 0. The molecule has 0 radical (unpaired) electrons. The molecule has 3 heterocycles. The van der Waals surface area contributed by atoms with E-state index in [1.54, 1.807) is 0 Å². The molecule has 1 aliphatic heterocycles. The number of carbonyl (C=O) groups excluding carboxylic acids is 6. The van der Waals surface area contributed by atoms with Crippen molar-refractivity contribution in [2.24, 2.45) is 10.8 Å². The van der Waals surface area contributed by atoms with Crippen molar-refractivity contribution in [1.29, 1.82) is 0 Å². The van der Waals surface area contributed by atoms with Gasteiger partial charge >= 0.3 is 0 Å². The highest BCUT2D eigenvalue weighted by Crippen LogP contribution is 2.45. The van der Waals surface area contributed by atoms with Gasteiger partial charge in [-0.1, -0.05) is 69.3 Å². The summed E-state index contributed by atoms with van der Waals surface area (Å²) in [4.78, 5) is 81.6. The highest BCUT2D eigenvalue weighted by atomic mass is 16.2. The van der Waals surface area contributed by atoms with E-state index in [9.17, 15) is 28.8 Å². The van der Waals surface area contributed by atoms with Gasteiger partial charge in [0.05, 0.1) is 11.8 Å². The number of carbonyl (C=O) groups is 6. The summed E-state index contributed by atoms with van der Waals surface area (Å²) in [5, 5.41) is 2.39. The third-order valence-corrected chi connectivity index (χ3v) is 11.8. The monoisotopic (exact) mass is 755 g/mol. The molecule has 1 unspecified atom stereocenters. The molecule has 9 nitrogen and oxygen atoms in total. The smallest absolute Gasteiger partial charge is 0.233 e. The first kappa shape index (κ1) is 41.7.